The van der Waals surface area contributed by atoms with Crippen molar-refractivity contribution < 1.29 is 9.53 Å². The molecule has 0 bridgehead atoms. The van der Waals surface area contributed by atoms with Crippen molar-refractivity contribution in [2.24, 2.45) is 5.41 Å². The van der Waals surface area contributed by atoms with Crippen LogP contribution >= 0.6 is 0 Å². The third kappa shape index (κ3) is 1.62. The highest BCUT2D eigenvalue weighted by atomic mass is 16.6. The van der Waals surface area contributed by atoms with E-state index in [9.17, 15) is 4.79 Å². The minimum Gasteiger partial charge on any atom is -0.454 e. The summed E-state index contributed by atoms with van der Waals surface area (Å²) < 4.78 is 5.66. The normalized spacial score (nSPS) is 27.8. The van der Waals surface area contributed by atoms with Crippen LogP contribution in [0.15, 0.2) is 30.3 Å². The van der Waals surface area contributed by atoms with Gasteiger partial charge in [0.1, 0.15) is 5.60 Å². The zero-order valence-electron chi connectivity index (χ0n) is 10.1. The maximum Gasteiger partial charge on any atom is 0.312 e. The van der Waals surface area contributed by atoms with Crippen LogP contribution in [0.5, 0.6) is 0 Å². The maximum absolute atomic E-state index is 11.8. The Morgan fingerprint density at radius 1 is 1.25 bits per heavy atom. The van der Waals surface area contributed by atoms with Crippen LogP contribution in [0, 0.1) is 5.41 Å². The Kier molecular flexibility index (Phi) is 2.53. The van der Waals surface area contributed by atoms with E-state index in [1.165, 1.54) is 0 Å². The molecule has 16 heavy (non-hydrogen) atoms. The highest BCUT2D eigenvalue weighted by Crippen LogP contribution is 2.47. The fourth-order valence-electron chi connectivity index (χ4n) is 2.44. The molecule has 1 atom stereocenters. The van der Waals surface area contributed by atoms with E-state index >= 15 is 0 Å². The van der Waals surface area contributed by atoms with Crippen molar-refractivity contribution in [3.05, 3.63) is 35.9 Å². The van der Waals surface area contributed by atoms with Crippen LogP contribution in [0.25, 0.3) is 0 Å². The van der Waals surface area contributed by atoms with Crippen molar-refractivity contribution in [2.45, 2.75) is 39.2 Å². The zero-order chi connectivity index (χ0) is 11.8. The molecule has 0 saturated carbocycles. The predicted molar refractivity (Wildman–Crippen MR) is 62.9 cm³/mol. The lowest BCUT2D eigenvalue weighted by molar-refractivity contribution is -0.154. The average Bonchev–Trinajstić information content (AvgIpc) is 2.52. The van der Waals surface area contributed by atoms with Gasteiger partial charge in [-0.15, -0.1) is 0 Å². The number of esters is 1. The molecule has 2 heteroatoms. The summed E-state index contributed by atoms with van der Waals surface area (Å²) in [6, 6.07) is 10.0. The summed E-state index contributed by atoms with van der Waals surface area (Å²) in [5.74, 6) is -0.0850. The van der Waals surface area contributed by atoms with E-state index in [1.807, 2.05) is 44.2 Å². The summed E-state index contributed by atoms with van der Waals surface area (Å²) >= 11 is 0. The second kappa shape index (κ2) is 3.62. The van der Waals surface area contributed by atoms with E-state index in [0.29, 0.717) is 0 Å². The molecule has 1 aromatic carbocycles. The van der Waals surface area contributed by atoms with Gasteiger partial charge in [0.05, 0.1) is 5.41 Å². The van der Waals surface area contributed by atoms with Crippen LogP contribution in [0.2, 0.25) is 0 Å². The van der Waals surface area contributed by atoms with Gasteiger partial charge >= 0.3 is 5.97 Å². The molecular weight excluding hydrogens is 200 g/mol. The van der Waals surface area contributed by atoms with Gasteiger partial charge in [-0.2, -0.15) is 0 Å². The van der Waals surface area contributed by atoms with Gasteiger partial charge in [-0.05, 0) is 25.8 Å². The van der Waals surface area contributed by atoms with E-state index in [1.54, 1.807) is 0 Å². The first-order valence-corrected chi connectivity index (χ1v) is 5.79. The van der Waals surface area contributed by atoms with E-state index in [0.717, 1.165) is 18.4 Å². The maximum atomic E-state index is 11.8. The largest absolute Gasteiger partial charge is 0.454 e. The second-order valence-electron chi connectivity index (χ2n) is 5.16. The molecule has 1 fully saturated rings. The summed E-state index contributed by atoms with van der Waals surface area (Å²) in [4.78, 5) is 11.8. The molecular formula is C14H18O2. The number of ether oxygens (including phenoxy) is 1. The first-order chi connectivity index (χ1) is 7.50. The van der Waals surface area contributed by atoms with E-state index in [2.05, 4.69) is 6.92 Å². The molecule has 1 saturated heterocycles. The number of rotatable bonds is 2. The average molecular weight is 218 g/mol. The molecule has 1 unspecified atom stereocenters. The predicted octanol–water partition coefficient (Wildman–Crippen LogP) is 3.27. The minimum atomic E-state index is -0.415. The van der Waals surface area contributed by atoms with Gasteiger partial charge in [-0.25, -0.2) is 0 Å². The Balaban J connectivity index is 2.41. The van der Waals surface area contributed by atoms with Crippen LogP contribution in [0.3, 0.4) is 0 Å². The Morgan fingerprint density at radius 3 is 2.31 bits per heavy atom. The fourth-order valence-corrected chi connectivity index (χ4v) is 2.44. The molecule has 1 aliphatic heterocycles. The Labute approximate surface area is 96.6 Å². The third-order valence-corrected chi connectivity index (χ3v) is 3.44. The number of carbonyl (C=O) groups is 1. The Hall–Kier alpha value is -1.31. The summed E-state index contributed by atoms with van der Waals surface area (Å²) in [6.45, 7) is 5.98. The molecule has 0 N–H and O–H groups in total. The van der Waals surface area contributed by atoms with Crippen molar-refractivity contribution in [3.63, 3.8) is 0 Å². The summed E-state index contributed by atoms with van der Waals surface area (Å²) in [5.41, 5.74) is 0.324. The standard InChI is InChI=1S/C14H18O2/c1-4-14(11-8-6-5-7-9-11)10-13(2,3)12(15)16-14/h5-9H,4,10H2,1-3H3. The number of cyclic esters (lactones) is 1. The van der Waals surface area contributed by atoms with Crippen LogP contribution in [-0.2, 0) is 15.1 Å². The van der Waals surface area contributed by atoms with Crippen molar-refractivity contribution in [2.75, 3.05) is 0 Å². The van der Waals surface area contributed by atoms with Gasteiger partial charge in [0.2, 0.25) is 0 Å². The molecule has 86 valence electrons. The van der Waals surface area contributed by atoms with Crippen molar-refractivity contribution in [1.29, 1.82) is 0 Å². The zero-order valence-corrected chi connectivity index (χ0v) is 10.1. The van der Waals surface area contributed by atoms with Gasteiger partial charge < -0.3 is 4.74 Å². The molecule has 0 amide bonds. The van der Waals surface area contributed by atoms with Crippen LogP contribution in [0.1, 0.15) is 39.2 Å². The molecule has 0 aliphatic carbocycles. The van der Waals surface area contributed by atoms with Gasteiger partial charge in [-0.3, -0.25) is 4.79 Å². The minimum absolute atomic E-state index is 0.0850. The molecule has 2 rings (SSSR count). The topological polar surface area (TPSA) is 26.3 Å². The van der Waals surface area contributed by atoms with Gasteiger partial charge in [0.25, 0.3) is 0 Å². The van der Waals surface area contributed by atoms with Crippen molar-refractivity contribution in [1.82, 2.24) is 0 Å². The highest BCUT2D eigenvalue weighted by molar-refractivity contribution is 5.79. The SMILES string of the molecule is CCC1(c2ccccc2)CC(C)(C)C(=O)O1. The van der Waals surface area contributed by atoms with Gasteiger partial charge in [-0.1, -0.05) is 37.3 Å². The summed E-state index contributed by atoms with van der Waals surface area (Å²) in [5, 5.41) is 0. The molecule has 2 nitrogen and oxygen atoms in total. The van der Waals surface area contributed by atoms with Crippen LogP contribution < -0.4 is 0 Å². The fraction of sp³-hybridized carbons (Fsp3) is 0.500. The van der Waals surface area contributed by atoms with Gasteiger partial charge in [0.15, 0.2) is 0 Å². The van der Waals surface area contributed by atoms with Crippen LogP contribution in [-0.4, -0.2) is 5.97 Å². The molecule has 0 radical (unpaired) electrons. The lowest BCUT2D eigenvalue weighted by atomic mass is 9.79. The second-order valence-corrected chi connectivity index (χ2v) is 5.16. The number of carbonyl (C=O) groups excluding carboxylic acids is 1. The van der Waals surface area contributed by atoms with Crippen LogP contribution in [0.4, 0.5) is 0 Å². The smallest absolute Gasteiger partial charge is 0.312 e. The van der Waals surface area contributed by atoms with E-state index < -0.39 is 5.60 Å². The monoisotopic (exact) mass is 218 g/mol. The lowest BCUT2D eigenvalue weighted by Crippen LogP contribution is -2.24. The van der Waals surface area contributed by atoms with Crippen molar-refractivity contribution >= 4 is 5.97 Å². The van der Waals surface area contributed by atoms with E-state index in [4.69, 9.17) is 4.74 Å². The first-order valence-electron chi connectivity index (χ1n) is 5.79. The lowest BCUT2D eigenvalue weighted by Gasteiger charge is -2.27. The quantitative estimate of drug-likeness (QED) is 0.712. The Bertz CT molecular complexity index is 394. The summed E-state index contributed by atoms with van der Waals surface area (Å²) in [7, 11) is 0. The first kappa shape index (κ1) is 11.2. The summed E-state index contributed by atoms with van der Waals surface area (Å²) in [6.07, 6.45) is 1.59. The highest BCUT2D eigenvalue weighted by Gasteiger charge is 2.51. The Morgan fingerprint density at radius 2 is 1.88 bits per heavy atom. The molecule has 1 aromatic rings. The van der Waals surface area contributed by atoms with Crippen molar-refractivity contribution in [3.8, 4) is 0 Å². The number of hydrogen-bond donors (Lipinski definition) is 0. The molecule has 1 heterocycles. The molecule has 0 spiro atoms. The van der Waals surface area contributed by atoms with Gasteiger partial charge in [0, 0.05) is 6.42 Å². The number of hydrogen-bond acceptors (Lipinski definition) is 2. The number of benzene rings is 1. The molecule has 1 aliphatic rings. The third-order valence-electron chi connectivity index (χ3n) is 3.44. The molecule has 0 aromatic heterocycles. The van der Waals surface area contributed by atoms with E-state index in [-0.39, 0.29) is 11.4 Å².